The molecule has 0 radical (unpaired) electrons. The van der Waals surface area contributed by atoms with Gasteiger partial charge in [0.25, 0.3) is 0 Å². The highest BCUT2D eigenvalue weighted by atomic mass is 32.1. The molecule has 0 saturated carbocycles. The number of unbranched alkanes of at least 4 members (excludes halogenated alkanes) is 1. The van der Waals surface area contributed by atoms with Gasteiger partial charge in [0, 0.05) is 24.1 Å². The molecule has 2 rings (SSSR count). The van der Waals surface area contributed by atoms with E-state index in [9.17, 15) is 14.0 Å². The summed E-state index contributed by atoms with van der Waals surface area (Å²) >= 11 is 5.14. The lowest BCUT2D eigenvalue weighted by Crippen LogP contribution is -2.43. The Morgan fingerprint density at radius 1 is 0.964 bits per heavy atom. The van der Waals surface area contributed by atoms with Crippen molar-refractivity contribution in [2.24, 2.45) is 0 Å². The van der Waals surface area contributed by atoms with Gasteiger partial charge in [-0.25, -0.2) is 4.39 Å². The van der Waals surface area contributed by atoms with Gasteiger partial charge in [0.1, 0.15) is 5.82 Å². The number of thiocarbonyl (C=S) groups is 1. The number of hydrogen-bond acceptors (Lipinski definition) is 3. The van der Waals surface area contributed by atoms with E-state index in [2.05, 4.69) is 23.1 Å². The monoisotopic (exact) mass is 401 g/mol. The van der Waals surface area contributed by atoms with Crippen LogP contribution in [0.3, 0.4) is 0 Å². The number of halogens is 1. The van der Waals surface area contributed by atoms with E-state index in [0.717, 1.165) is 24.9 Å². The lowest BCUT2D eigenvalue weighted by atomic mass is 10.1. The lowest BCUT2D eigenvalue weighted by Gasteiger charge is -2.12. The molecule has 5 nitrogen and oxygen atoms in total. The molecule has 0 atom stereocenters. The van der Waals surface area contributed by atoms with Crippen LogP contribution >= 0.6 is 12.2 Å². The fourth-order valence-electron chi connectivity index (χ4n) is 2.49. The second-order valence-corrected chi connectivity index (χ2v) is 6.77. The number of carbonyl (C=O) groups excluding carboxylic acids is 2. The topological polar surface area (TPSA) is 70.2 Å². The van der Waals surface area contributed by atoms with Gasteiger partial charge < -0.3 is 5.32 Å². The minimum Gasteiger partial charge on any atom is -0.331 e. The van der Waals surface area contributed by atoms with Crippen molar-refractivity contribution in [1.82, 2.24) is 10.9 Å². The maximum atomic E-state index is 12.9. The molecular weight excluding hydrogens is 377 g/mol. The fourth-order valence-corrected chi connectivity index (χ4v) is 2.66. The van der Waals surface area contributed by atoms with Crippen molar-refractivity contribution in [3.63, 3.8) is 0 Å². The SMILES string of the molecule is CCCCc1ccc(NC(=S)NNC(=O)CCC(=O)c2ccc(F)cc2)cc1. The molecular formula is C21H24FN3O2S. The summed E-state index contributed by atoms with van der Waals surface area (Å²) in [4.78, 5) is 23.8. The second-order valence-electron chi connectivity index (χ2n) is 6.36. The number of benzene rings is 2. The largest absolute Gasteiger partial charge is 0.331 e. The molecule has 0 aromatic heterocycles. The number of nitrogens with one attached hydrogen (secondary N) is 3. The summed E-state index contributed by atoms with van der Waals surface area (Å²) in [5.41, 5.74) is 7.53. The van der Waals surface area contributed by atoms with Crippen molar-refractivity contribution in [1.29, 1.82) is 0 Å². The van der Waals surface area contributed by atoms with Crippen LogP contribution in [0.1, 0.15) is 48.5 Å². The molecule has 7 heteroatoms. The molecule has 28 heavy (non-hydrogen) atoms. The summed E-state index contributed by atoms with van der Waals surface area (Å²) in [5, 5.41) is 3.23. The van der Waals surface area contributed by atoms with E-state index in [1.54, 1.807) is 0 Å². The summed E-state index contributed by atoms with van der Waals surface area (Å²) < 4.78 is 12.9. The van der Waals surface area contributed by atoms with Crippen LogP contribution in [0, 0.1) is 5.82 Å². The molecule has 0 aliphatic carbocycles. The van der Waals surface area contributed by atoms with Gasteiger partial charge in [-0.3, -0.25) is 20.4 Å². The first-order valence-electron chi connectivity index (χ1n) is 9.21. The highest BCUT2D eigenvalue weighted by Crippen LogP contribution is 2.11. The number of amides is 1. The first kappa shape index (κ1) is 21.5. The van der Waals surface area contributed by atoms with Crippen molar-refractivity contribution in [3.05, 3.63) is 65.5 Å². The van der Waals surface area contributed by atoms with Gasteiger partial charge in [-0.2, -0.15) is 0 Å². The van der Waals surface area contributed by atoms with E-state index in [0.29, 0.717) is 5.56 Å². The Balaban J connectivity index is 1.69. The van der Waals surface area contributed by atoms with Gasteiger partial charge in [0.15, 0.2) is 10.9 Å². The van der Waals surface area contributed by atoms with E-state index in [4.69, 9.17) is 12.2 Å². The number of hydrazine groups is 1. The third-order valence-electron chi connectivity index (χ3n) is 4.09. The molecule has 0 saturated heterocycles. The molecule has 0 aliphatic heterocycles. The number of Topliss-reactive ketones (excluding diaryl/α,β-unsaturated/α-hetero) is 1. The molecule has 2 aromatic carbocycles. The van der Waals surface area contributed by atoms with Crippen LogP contribution in [-0.2, 0) is 11.2 Å². The third kappa shape index (κ3) is 7.44. The molecule has 1 amide bonds. The average molecular weight is 402 g/mol. The van der Waals surface area contributed by atoms with E-state index in [1.165, 1.54) is 29.8 Å². The zero-order valence-corrected chi connectivity index (χ0v) is 16.6. The second kappa shape index (κ2) is 11.1. The maximum Gasteiger partial charge on any atom is 0.238 e. The smallest absolute Gasteiger partial charge is 0.238 e. The molecule has 3 N–H and O–H groups in total. The van der Waals surface area contributed by atoms with Crippen molar-refractivity contribution < 1.29 is 14.0 Å². The maximum absolute atomic E-state index is 12.9. The number of rotatable bonds is 8. The van der Waals surface area contributed by atoms with Gasteiger partial charge in [0.2, 0.25) is 5.91 Å². The number of anilines is 1. The first-order valence-corrected chi connectivity index (χ1v) is 9.62. The predicted octanol–water partition coefficient (Wildman–Crippen LogP) is 4.15. The Bertz CT molecular complexity index is 807. The molecule has 0 fully saturated rings. The van der Waals surface area contributed by atoms with E-state index in [1.807, 2.05) is 24.3 Å². The molecule has 148 valence electrons. The van der Waals surface area contributed by atoms with Crippen molar-refractivity contribution in [2.75, 3.05) is 5.32 Å². The highest BCUT2D eigenvalue weighted by Gasteiger charge is 2.10. The zero-order chi connectivity index (χ0) is 20.4. The minimum atomic E-state index is -0.407. The summed E-state index contributed by atoms with van der Waals surface area (Å²) in [5.74, 6) is -0.997. The van der Waals surface area contributed by atoms with Gasteiger partial charge in [-0.1, -0.05) is 25.5 Å². The quantitative estimate of drug-likeness (QED) is 0.352. The van der Waals surface area contributed by atoms with Crippen molar-refractivity contribution in [3.8, 4) is 0 Å². The number of carbonyl (C=O) groups is 2. The number of hydrogen-bond donors (Lipinski definition) is 3. The van der Waals surface area contributed by atoms with Crippen molar-refractivity contribution >= 4 is 34.7 Å². The molecule has 0 aliphatic rings. The third-order valence-corrected chi connectivity index (χ3v) is 4.30. The average Bonchev–Trinajstić information content (AvgIpc) is 2.70. The zero-order valence-electron chi connectivity index (χ0n) is 15.8. The van der Waals surface area contributed by atoms with E-state index >= 15 is 0 Å². The Labute approximate surface area is 169 Å². The predicted molar refractivity (Wildman–Crippen MR) is 113 cm³/mol. The Morgan fingerprint density at radius 2 is 1.64 bits per heavy atom. The van der Waals surface area contributed by atoms with E-state index < -0.39 is 5.82 Å². The summed E-state index contributed by atoms with van der Waals surface area (Å²) in [6, 6.07) is 13.2. The van der Waals surface area contributed by atoms with Gasteiger partial charge in [-0.05, 0) is 67.0 Å². The van der Waals surface area contributed by atoms with Gasteiger partial charge in [0.05, 0.1) is 0 Å². The van der Waals surface area contributed by atoms with Crippen LogP contribution in [-0.4, -0.2) is 16.8 Å². The first-order chi connectivity index (χ1) is 13.5. The lowest BCUT2D eigenvalue weighted by molar-refractivity contribution is -0.121. The minimum absolute atomic E-state index is 0.00204. The molecule has 0 heterocycles. The van der Waals surface area contributed by atoms with E-state index in [-0.39, 0.29) is 29.6 Å². The van der Waals surface area contributed by atoms with Crippen LogP contribution < -0.4 is 16.2 Å². The Morgan fingerprint density at radius 3 is 2.29 bits per heavy atom. The molecule has 0 spiro atoms. The summed E-state index contributed by atoms with van der Waals surface area (Å²) in [7, 11) is 0. The highest BCUT2D eigenvalue weighted by molar-refractivity contribution is 7.80. The summed E-state index contributed by atoms with van der Waals surface area (Å²) in [6.45, 7) is 2.16. The summed E-state index contributed by atoms with van der Waals surface area (Å²) in [6.07, 6.45) is 3.38. The number of aryl methyl sites for hydroxylation is 1. The normalized spacial score (nSPS) is 10.2. The standard InChI is InChI=1S/C21H24FN3O2S/c1-2-3-4-15-5-11-18(12-6-15)23-21(28)25-24-20(27)14-13-19(26)16-7-9-17(22)10-8-16/h5-12H,2-4,13-14H2,1H3,(H,24,27)(H2,23,25,28). The van der Waals surface area contributed by atoms with Crippen molar-refractivity contribution in [2.45, 2.75) is 39.0 Å². The van der Waals surface area contributed by atoms with Crippen LogP contribution in [0.4, 0.5) is 10.1 Å². The fraction of sp³-hybridized carbons (Fsp3) is 0.286. The van der Waals surface area contributed by atoms with Crippen LogP contribution in [0.25, 0.3) is 0 Å². The van der Waals surface area contributed by atoms with Gasteiger partial charge in [-0.15, -0.1) is 0 Å². The van der Waals surface area contributed by atoms with Crippen LogP contribution in [0.15, 0.2) is 48.5 Å². The Hall–Kier alpha value is -2.80. The van der Waals surface area contributed by atoms with Crippen LogP contribution in [0.2, 0.25) is 0 Å². The van der Waals surface area contributed by atoms with Gasteiger partial charge >= 0.3 is 0 Å². The van der Waals surface area contributed by atoms with Crippen LogP contribution in [0.5, 0.6) is 0 Å². The molecule has 0 bridgehead atoms. The molecule has 0 unspecified atom stereocenters. The number of ketones is 1. The molecule has 2 aromatic rings. The Kier molecular flexibility index (Phi) is 8.55.